The number of amides is 1. The molecule has 0 aliphatic carbocycles. The van der Waals surface area contributed by atoms with Crippen molar-refractivity contribution in [3.63, 3.8) is 0 Å². The lowest BCUT2D eigenvalue weighted by atomic mass is 10.1. The Bertz CT molecular complexity index is 1270. The second-order valence-corrected chi connectivity index (χ2v) is 6.89. The first-order valence-corrected chi connectivity index (χ1v) is 9.53. The van der Waals surface area contributed by atoms with Crippen molar-refractivity contribution in [1.29, 1.82) is 0 Å². The molecular weight excluding hydrogens is 376 g/mol. The lowest BCUT2D eigenvalue weighted by molar-refractivity contribution is 0.102. The maximum atomic E-state index is 12.8. The number of benzene rings is 3. The van der Waals surface area contributed by atoms with Gasteiger partial charge in [-0.15, -0.1) is 0 Å². The van der Waals surface area contributed by atoms with Crippen molar-refractivity contribution in [2.24, 2.45) is 0 Å². The number of para-hydroxylation sites is 3. The third-order valence-corrected chi connectivity index (χ3v) is 4.85. The lowest BCUT2D eigenvalue weighted by Gasteiger charge is -2.10. The van der Waals surface area contributed by atoms with Crippen molar-refractivity contribution in [1.82, 2.24) is 24.7 Å². The van der Waals surface area contributed by atoms with E-state index in [-0.39, 0.29) is 5.91 Å². The molecule has 0 saturated carbocycles. The minimum absolute atomic E-state index is 0.175. The van der Waals surface area contributed by atoms with Gasteiger partial charge in [0.25, 0.3) is 5.91 Å². The van der Waals surface area contributed by atoms with E-state index in [4.69, 9.17) is 0 Å². The van der Waals surface area contributed by atoms with Crippen LogP contribution in [0.4, 0.5) is 5.69 Å². The molecule has 0 saturated heterocycles. The number of fused-ring (bicyclic) bond motifs is 1. The van der Waals surface area contributed by atoms with E-state index < -0.39 is 0 Å². The maximum Gasteiger partial charge on any atom is 0.255 e. The van der Waals surface area contributed by atoms with Crippen LogP contribution in [0.2, 0.25) is 0 Å². The fourth-order valence-corrected chi connectivity index (χ4v) is 3.34. The summed E-state index contributed by atoms with van der Waals surface area (Å²) in [6.07, 6.45) is 3.16. The Kier molecular flexibility index (Phi) is 4.53. The Morgan fingerprint density at radius 3 is 2.57 bits per heavy atom. The molecule has 0 bridgehead atoms. The van der Waals surface area contributed by atoms with Gasteiger partial charge in [-0.2, -0.15) is 5.10 Å². The topological polar surface area (TPSA) is 88.5 Å². The van der Waals surface area contributed by atoms with Crippen LogP contribution < -0.4 is 5.32 Å². The van der Waals surface area contributed by atoms with E-state index in [0.29, 0.717) is 17.8 Å². The summed E-state index contributed by atoms with van der Waals surface area (Å²) in [7, 11) is 0. The molecule has 2 aromatic heterocycles. The number of imidazole rings is 1. The van der Waals surface area contributed by atoms with Crippen LogP contribution in [0.5, 0.6) is 0 Å². The molecular formula is C23H18N6O. The third-order valence-electron chi connectivity index (χ3n) is 4.85. The highest BCUT2D eigenvalue weighted by molar-refractivity contribution is 6.06. The van der Waals surface area contributed by atoms with Gasteiger partial charge in [0.05, 0.1) is 23.3 Å². The average Bonchev–Trinajstić information content (AvgIpc) is 3.44. The number of nitrogens with one attached hydrogen (secondary N) is 2. The number of nitrogens with zero attached hydrogens (tertiary/aromatic N) is 4. The number of rotatable bonds is 5. The van der Waals surface area contributed by atoms with Gasteiger partial charge >= 0.3 is 0 Å². The van der Waals surface area contributed by atoms with Crippen molar-refractivity contribution in [3.05, 3.63) is 96.6 Å². The maximum absolute atomic E-state index is 12.8. The number of hydrogen-bond acceptors (Lipinski definition) is 4. The number of hydrogen-bond donors (Lipinski definition) is 2. The first-order chi connectivity index (χ1) is 14.8. The van der Waals surface area contributed by atoms with Crippen LogP contribution in [0, 0.1) is 0 Å². The molecule has 0 unspecified atom stereocenters. The van der Waals surface area contributed by atoms with Crippen LogP contribution >= 0.6 is 0 Å². The highest BCUT2D eigenvalue weighted by Crippen LogP contribution is 2.28. The second-order valence-electron chi connectivity index (χ2n) is 6.89. The zero-order valence-corrected chi connectivity index (χ0v) is 16.0. The van der Waals surface area contributed by atoms with Gasteiger partial charge < -0.3 is 10.3 Å². The lowest BCUT2D eigenvalue weighted by Crippen LogP contribution is -2.13. The molecule has 7 heteroatoms. The first-order valence-electron chi connectivity index (χ1n) is 9.53. The van der Waals surface area contributed by atoms with Gasteiger partial charge in [0.1, 0.15) is 18.5 Å². The molecule has 7 nitrogen and oxygen atoms in total. The van der Waals surface area contributed by atoms with Crippen molar-refractivity contribution in [3.8, 4) is 11.4 Å². The highest BCUT2D eigenvalue weighted by atomic mass is 16.1. The van der Waals surface area contributed by atoms with Crippen LogP contribution in [0.25, 0.3) is 22.4 Å². The number of aromatic nitrogens is 5. The summed E-state index contributed by atoms with van der Waals surface area (Å²) in [6.45, 7) is 0.608. The van der Waals surface area contributed by atoms with Crippen LogP contribution in [0.3, 0.4) is 0 Å². The van der Waals surface area contributed by atoms with Gasteiger partial charge in [-0.3, -0.25) is 4.79 Å². The Labute approximate surface area is 172 Å². The van der Waals surface area contributed by atoms with E-state index in [2.05, 4.69) is 25.4 Å². The number of anilines is 1. The fourth-order valence-electron chi connectivity index (χ4n) is 3.34. The molecule has 30 heavy (non-hydrogen) atoms. The smallest absolute Gasteiger partial charge is 0.255 e. The monoisotopic (exact) mass is 394 g/mol. The number of H-pyrrole nitrogens is 1. The summed E-state index contributed by atoms with van der Waals surface area (Å²) in [5.74, 6) is 0.543. The molecule has 1 amide bonds. The minimum Gasteiger partial charge on any atom is -0.338 e. The Balaban J connectivity index is 1.37. The van der Waals surface area contributed by atoms with Gasteiger partial charge in [-0.05, 0) is 42.0 Å². The van der Waals surface area contributed by atoms with Gasteiger partial charge in [0.15, 0.2) is 0 Å². The molecule has 2 heterocycles. The molecule has 3 aromatic carbocycles. The minimum atomic E-state index is -0.175. The van der Waals surface area contributed by atoms with Crippen LogP contribution in [-0.2, 0) is 6.54 Å². The van der Waals surface area contributed by atoms with Crippen molar-refractivity contribution >= 4 is 22.6 Å². The zero-order valence-electron chi connectivity index (χ0n) is 16.0. The Hall–Kier alpha value is -4.26. The molecule has 2 N–H and O–H groups in total. The van der Waals surface area contributed by atoms with E-state index >= 15 is 0 Å². The molecule has 5 aromatic rings. The number of aromatic amines is 1. The third kappa shape index (κ3) is 3.56. The predicted octanol–water partition coefficient (Wildman–Crippen LogP) is 4.12. The highest BCUT2D eigenvalue weighted by Gasteiger charge is 2.13. The van der Waals surface area contributed by atoms with Crippen molar-refractivity contribution in [2.75, 3.05) is 5.32 Å². The van der Waals surface area contributed by atoms with Gasteiger partial charge in [0, 0.05) is 11.1 Å². The summed E-state index contributed by atoms with van der Waals surface area (Å²) in [5.41, 5.74) is 5.00. The molecule has 0 atom stereocenters. The second kappa shape index (κ2) is 7.63. The molecule has 0 aliphatic heterocycles. The van der Waals surface area contributed by atoms with Crippen molar-refractivity contribution < 1.29 is 4.79 Å². The SMILES string of the molecule is O=C(Nc1ccccc1-c1nc2ccccc2[nH]1)c1ccc(Cn2cncn2)cc1. The number of carbonyl (C=O) groups excluding carboxylic acids is 1. The van der Waals surface area contributed by atoms with E-state index in [1.165, 1.54) is 6.33 Å². The molecule has 146 valence electrons. The van der Waals surface area contributed by atoms with E-state index in [1.807, 2.05) is 72.8 Å². The standard InChI is InChI=1S/C23H18N6O/c30-23(17-11-9-16(10-12-17)13-29-15-24-14-25-29)28-19-6-2-1-5-18(19)22-26-20-7-3-4-8-21(20)27-22/h1-12,14-15H,13H2,(H,26,27)(H,28,30). The van der Waals surface area contributed by atoms with Gasteiger partial charge in [0.2, 0.25) is 0 Å². The summed E-state index contributed by atoms with van der Waals surface area (Å²) >= 11 is 0. The zero-order chi connectivity index (χ0) is 20.3. The van der Waals surface area contributed by atoms with Crippen LogP contribution in [-0.4, -0.2) is 30.6 Å². The van der Waals surface area contributed by atoms with Gasteiger partial charge in [-0.1, -0.05) is 36.4 Å². The fraction of sp³-hybridized carbons (Fsp3) is 0.0435. The summed E-state index contributed by atoms with van der Waals surface area (Å²) in [4.78, 5) is 24.7. The first kappa shape index (κ1) is 17.8. The summed E-state index contributed by atoms with van der Waals surface area (Å²) < 4.78 is 1.73. The summed E-state index contributed by atoms with van der Waals surface area (Å²) in [5, 5.41) is 7.10. The van der Waals surface area contributed by atoms with Crippen LogP contribution in [0.1, 0.15) is 15.9 Å². The molecule has 0 aliphatic rings. The molecule has 0 spiro atoms. The molecule has 0 fully saturated rings. The number of carbonyl (C=O) groups is 1. The quantitative estimate of drug-likeness (QED) is 0.469. The van der Waals surface area contributed by atoms with Crippen LogP contribution in [0.15, 0.2) is 85.5 Å². The molecule has 0 radical (unpaired) electrons. The predicted molar refractivity (Wildman–Crippen MR) is 115 cm³/mol. The normalized spacial score (nSPS) is 10.9. The van der Waals surface area contributed by atoms with Crippen molar-refractivity contribution in [2.45, 2.75) is 6.54 Å². The summed E-state index contributed by atoms with van der Waals surface area (Å²) in [6, 6.07) is 22.9. The Morgan fingerprint density at radius 2 is 1.77 bits per heavy atom. The van der Waals surface area contributed by atoms with E-state index in [9.17, 15) is 4.79 Å². The Morgan fingerprint density at radius 1 is 0.967 bits per heavy atom. The van der Waals surface area contributed by atoms with E-state index in [1.54, 1.807) is 11.0 Å². The largest absolute Gasteiger partial charge is 0.338 e. The van der Waals surface area contributed by atoms with E-state index in [0.717, 1.165) is 28.0 Å². The molecule has 5 rings (SSSR count). The average molecular weight is 394 g/mol. The van der Waals surface area contributed by atoms with Gasteiger partial charge in [-0.25, -0.2) is 14.6 Å².